The Morgan fingerprint density at radius 3 is 2.91 bits per heavy atom. The lowest BCUT2D eigenvalue weighted by Crippen LogP contribution is -2.16. The largest absolute Gasteiger partial charge is 0.354 e. The maximum Gasteiger partial charge on any atom is 0.185 e. The van der Waals surface area contributed by atoms with Gasteiger partial charge in [-0.2, -0.15) is 5.10 Å². The van der Waals surface area contributed by atoms with Crippen LogP contribution in [0.4, 0.5) is 5.13 Å². The zero-order chi connectivity index (χ0) is 15.8. The van der Waals surface area contributed by atoms with Crippen molar-refractivity contribution < 1.29 is 0 Å². The number of nitrogens with zero attached hydrogens (tertiary/aromatic N) is 6. The smallest absolute Gasteiger partial charge is 0.185 e. The third-order valence-electron chi connectivity index (χ3n) is 4.56. The van der Waals surface area contributed by atoms with Gasteiger partial charge in [-0.25, -0.2) is 9.67 Å². The van der Waals surface area contributed by atoms with Gasteiger partial charge in [-0.1, -0.05) is 30.6 Å². The Bertz CT molecular complexity index is 775. The van der Waals surface area contributed by atoms with Gasteiger partial charge in [-0.3, -0.25) is 0 Å². The summed E-state index contributed by atoms with van der Waals surface area (Å²) in [6, 6.07) is 0.553. The number of anilines is 1. The van der Waals surface area contributed by atoms with Crippen molar-refractivity contribution in [3.63, 3.8) is 0 Å². The molecule has 3 heterocycles. The second-order valence-electron chi connectivity index (χ2n) is 6.18. The summed E-state index contributed by atoms with van der Waals surface area (Å²) in [6.07, 6.45) is 8.30. The second-order valence-corrected chi connectivity index (χ2v) is 7.18. The van der Waals surface area contributed by atoms with Gasteiger partial charge in [0, 0.05) is 13.1 Å². The lowest BCUT2D eigenvalue weighted by Gasteiger charge is -2.23. The van der Waals surface area contributed by atoms with Crippen LogP contribution >= 0.6 is 11.3 Å². The summed E-state index contributed by atoms with van der Waals surface area (Å²) in [7, 11) is 1.93. The molecule has 0 bridgehead atoms. The fourth-order valence-corrected chi connectivity index (χ4v) is 4.30. The van der Waals surface area contributed by atoms with E-state index >= 15 is 0 Å². The van der Waals surface area contributed by atoms with E-state index < -0.39 is 0 Å². The minimum Gasteiger partial charge on any atom is -0.354 e. The van der Waals surface area contributed by atoms with Crippen molar-refractivity contribution in [2.45, 2.75) is 51.6 Å². The minimum absolute atomic E-state index is 0.553. The van der Waals surface area contributed by atoms with Crippen molar-refractivity contribution in [1.82, 2.24) is 29.5 Å². The van der Waals surface area contributed by atoms with Gasteiger partial charge < -0.3 is 9.88 Å². The Morgan fingerprint density at radius 2 is 2.13 bits per heavy atom. The summed E-state index contributed by atoms with van der Waals surface area (Å²) in [5.74, 6) is 0.992. The maximum absolute atomic E-state index is 4.63. The molecule has 0 amide bonds. The van der Waals surface area contributed by atoms with Crippen LogP contribution in [0.3, 0.4) is 0 Å². The first-order valence-electron chi connectivity index (χ1n) is 8.15. The highest BCUT2D eigenvalue weighted by atomic mass is 32.1. The molecule has 0 radical (unpaired) electrons. The van der Waals surface area contributed by atoms with Gasteiger partial charge in [0.25, 0.3) is 0 Å². The lowest BCUT2D eigenvalue weighted by atomic mass is 9.95. The predicted octanol–water partition coefficient (Wildman–Crippen LogP) is 3.05. The van der Waals surface area contributed by atoms with E-state index in [4.69, 9.17) is 0 Å². The Balaban J connectivity index is 1.50. The summed E-state index contributed by atoms with van der Waals surface area (Å²) in [4.78, 5) is 4.63. The molecule has 0 aromatic carbocycles. The zero-order valence-electron chi connectivity index (χ0n) is 13.5. The van der Waals surface area contributed by atoms with Crippen LogP contribution in [0.1, 0.15) is 49.7 Å². The van der Waals surface area contributed by atoms with E-state index in [0.717, 1.165) is 27.0 Å². The van der Waals surface area contributed by atoms with Crippen LogP contribution in [0, 0.1) is 6.92 Å². The highest BCUT2D eigenvalue weighted by molar-refractivity contribution is 7.22. The zero-order valence-corrected chi connectivity index (χ0v) is 14.3. The molecule has 0 aliphatic heterocycles. The number of hydrogen-bond donors (Lipinski definition) is 1. The third kappa shape index (κ3) is 2.71. The number of rotatable bonds is 4. The van der Waals surface area contributed by atoms with Gasteiger partial charge in [-0.15, -0.1) is 10.2 Å². The molecule has 3 aromatic heterocycles. The van der Waals surface area contributed by atoms with E-state index in [9.17, 15) is 0 Å². The predicted molar refractivity (Wildman–Crippen MR) is 90.6 cm³/mol. The van der Waals surface area contributed by atoms with Crippen molar-refractivity contribution in [2.75, 3.05) is 5.32 Å². The Morgan fingerprint density at radius 1 is 1.30 bits per heavy atom. The molecular formula is C15H21N7S. The topological polar surface area (TPSA) is 73.5 Å². The standard InChI is InChI=1S/C15H21N7S/c1-10-13-14(21(2)20-10)18-15(23-13)16-8-12-19-17-9-22(12)11-6-4-3-5-7-11/h9,11H,3-8H2,1-2H3,(H,16,18). The molecule has 1 N–H and O–H groups in total. The van der Waals surface area contributed by atoms with Gasteiger partial charge in [0.15, 0.2) is 16.6 Å². The van der Waals surface area contributed by atoms with Crippen molar-refractivity contribution >= 4 is 26.8 Å². The van der Waals surface area contributed by atoms with Crippen LogP contribution in [0.15, 0.2) is 6.33 Å². The van der Waals surface area contributed by atoms with E-state index in [1.165, 1.54) is 32.1 Å². The van der Waals surface area contributed by atoms with Gasteiger partial charge in [0.05, 0.1) is 16.9 Å². The molecule has 1 aliphatic carbocycles. The molecule has 0 atom stereocenters. The van der Waals surface area contributed by atoms with E-state index in [1.54, 1.807) is 11.3 Å². The maximum atomic E-state index is 4.63. The number of hydrogen-bond acceptors (Lipinski definition) is 6. The van der Waals surface area contributed by atoms with Gasteiger partial charge in [-0.05, 0) is 19.8 Å². The summed E-state index contributed by atoms with van der Waals surface area (Å²) in [6.45, 7) is 2.67. The molecule has 1 aliphatic rings. The van der Waals surface area contributed by atoms with Crippen LogP contribution in [0.5, 0.6) is 0 Å². The summed E-state index contributed by atoms with van der Waals surface area (Å²) in [5, 5.41) is 17.1. The number of aryl methyl sites for hydroxylation is 2. The Kier molecular flexibility index (Phi) is 3.76. The summed E-state index contributed by atoms with van der Waals surface area (Å²) in [5.41, 5.74) is 1.96. The Hall–Kier alpha value is -1.96. The van der Waals surface area contributed by atoms with Crippen molar-refractivity contribution in [3.05, 3.63) is 17.8 Å². The highest BCUT2D eigenvalue weighted by Gasteiger charge is 2.19. The Labute approximate surface area is 138 Å². The summed E-state index contributed by atoms with van der Waals surface area (Å²) < 4.78 is 5.21. The number of aromatic nitrogens is 6. The molecule has 1 saturated carbocycles. The molecule has 0 spiro atoms. The van der Waals surface area contributed by atoms with E-state index in [0.29, 0.717) is 12.6 Å². The molecule has 4 rings (SSSR count). The minimum atomic E-state index is 0.553. The first-order valence-corrected chi connectivity index (χ1v) is 8.96. The van der Waals surface area contributed by atoms with Crippen LogP contribution in [0.25, 0.3) is 10.3 Å². The molecule has 7 nitrogen and oxygen atoms in total. The van der Waals surface area contributed by atoms with Crippen molar-refractivity contribution in [3.8, 4) is 0 Å². The molecule has 3 aromatic rings. The number of nitrogens with one attached hydrogen (secondary N) is 1. The van der Waals surface area contributed by atoms with Crippen molar-refractivity contribution in [2.24, 2.45) is 7.05 Å². The molecule has 122 valence electrons. The monoisotopic (exact) mass is 331 g/mol. The third-order valence-corrected chi connectivity index (χ3v) is 5.67. The quantitative estimate of drug-likeness (QED) is 0.795. The molecular weight excluding hydrogens is 310 g/mol. The molecule has 0 unspecified atom stereocenters. The normalized spacial score (nSPS) is 16.3. The fraction of sp³-hybridized carbons (Fsp3) is 0.600. The van der Waals surface area contributed by atoms with E-state index in [2.05, 4.69) is 30.2 Å². The second kappa shape index (κ2) is 5.92. The van der Waals surface area contributed by atoms with Gasteiger partial charge in [0.1, 0.15) is 6.33 Å². The van der Waals surface area contributed by atoms with Crippen molar-refractivity contribution in [1.29, 1.82) is 0 Å². The van der Waals surface area contributed by atoms with Crippen LogP contribution in [-0.4, -0.2) is 29.5 Å². The van der Waals surface area contributed by atoms with Gasteiger partial charge in [0.2, 0.25) is 0 Å². The first kappa shape index (κ1) is 14.6. The van der Waals surface area contributed by atoms with E-state index in [-0.39, 0.29) is 0 Å². The average Bonchev–Trinajstić information content (AvgIpc) is 3.25. The highest BCUT2D eigenvalue weighted by Crippen LogP contribution is 2.30. The van der Waals surface area contributed by atoms with E-state index in [1.807, 2.05) is 25.0 Å². The summed E-state index contributed by atoms with van der Waals surface area (Å²) >= 11 is 1.65. The molecule has 1 fully saturated rings. The van der Waals surface area contributed by atoms with Crippen LogP contribution < -0.4 is 5.32 Å². The SMILES string of the molecule is Cc1nn(C)c2nc(NCc3nncn3C3CCCCC3)sc12. The number of fused-ring (bicyclic) bond motifs is 1. The molecule has 8 heteroatoms. The van der Waals surface area contributed by atoms with Crippen LogP contribution in [0.2, 0.25) is 0 Å². The fourth-order valence-electron chi connectivity index (χ4n) is 3.37. The van der Waals surface area contributed by atoms with Crippen LogP contribution in [-0.2, 0) is 13.6 Å². The molecule has 23 heavy (non-hydrogen) atoms. The lowest BCUT2D eigenvalue weighted by molar-refractivity contribution is 0.346. The molecule has 0 saturated heterocycles. The number of thiazole rings is 1. The van der Waals surface area contributed by atoms with Gasteiger partial charge >= 0.3 is 0 Å². The first-order chi connectivity index (χ1) is 11.2. The average molecular weight is 331 g/mol.